The van der Waals surface area contributed by atoms with Crippen LogP contribution in [-0.2, 0) is 0 Å². The van der Waals surface area contributed by atoms with Gasteiger partial charge in [0, 0.05) is 0 Å². The number of nitrogens with two attached hydrogens (primary N) is 1. The average Bonchev–Trinajstić information content (AvgIpc) is 2.31. The first kappa shape index (κ1) is 12.7. The molecule has 1 rings (SSSR count). The van der Waals surface area contributed by atoms with Gasteiger partial charge in [0.2, 0.25) is 0 Å². The van der Waals surface area contributed by atoms with Crippen molar-refractivity contribution in [2.45, 2.75) is 18.9 Å². The number of aliphatic hydroxyl groups is 2. The molecule has 0 saturated heterocycles. The third-order valence-corrected chi connectivity index (χ3v) is 2.70. The van der Waals surface area contributed by atoms with Crippen molar-refractivity contribution in [1.29, 1.82) is 0 Å². The molecule has 0 unspecified atom stereocenters. The zero-order valence-electron chi connectivity index (χ0n) is 9.20. The van der Waals surface area contributed by atoms with Crippen LogP contribution in [0, 0.1) is 5.82 Å². The number of anilines is 2. The molecule has 0 spiro atoms. The van der Waals surface area contributed by atoms with E-state index in [1.807, 2.05) is 6.92 Å². The van der Waals surface area contributed by atoms with Crippen LogP contribution in [0.3, 0.4) is 0 Å². The molecule has 4 nitrogen and oxygen atoms in total. The lowest BCUT2D eigenvalue weighted by atomic mass is 9.98. The second-order valence-electron chi connectivity index (χ2n) is 3.81. The molecule has 0 aliphatic heterocycles. The lowest BCUT2D eigenvalue weighted by Gasteiger charge is -2.31. The van der Waals surface area contributed by atoms with Crippen LogP contribution >= 0.6 is 0 Å². The van der Waals surface area contributed by atoms with Crippen molar-refractivity contribution < 1.29 is 14.6 Å². The summed E-state index contributed by atoms with van der Waals surface area (Å²) >= 11 is 0. The predicted octanol–water partition coefficient (Wildman–Crippen LogP) is 0.953. The van der Waals surface area contributed by atoms with Gasteiger partial charge in [0.1, 0.15) is 5.82 Å². The molecule has 5 heteroatoms. The minimum absolute atomic E-state index is 0.254. The minimum atomic E-state index is -0.873. The number of rotatable bonds is 5. The van der Waals surface area contributed by atoms with Crippen LogP contribution in [0.25, 0.3) is 0 Å². The SMILES string of the molecule is CCC(CO)(CO)Nc1cc(F)ccc1N. The van der Waals surface area contributed by atoms with Crippen molar-refractivity contribution in [3.63, 3.8) is 0 Å². The molecule has 0 heterocycles. The van der Waals surface area contributed by atoms with Gasteiger partial charge in [-0.25, -0.2) is 4.39 Å². The number of hydrogen-bond acceptors (Lipinski definition) is 4. The quantitative estimate of drug-likeness (QED) is 0.566. The third-order valence-electron chi connectivity index (χ3n) is 2.70. The second-order valence-corrected chi connectivity index (χ2v) is 3.81. The van der Waals surface area contributed by atoms with Gasteiger partial charge in [-0.3, -0.25) is 0 Å². The lowest BCUT2D eigenvalue weighted by Crippen LogP contribution is -2.45. The average molecular weight is 228 g/mol. The van der Waals surface area contributed by atoms with Crippen LogP contribution in [0.2, 0.25) is 0 Å². The highest BCUT2D eigenvalue weighted by atomic mass is 19.1. The summed E-state index contributed by atoms with van der Waals surface area (Å²) in [6, 6.07) is 3.93. The monoisotopic (exact) mass is 228 g/mol. The Morgan fingerprint density at radius 1 is 1.38 bits per heavy atom. The van der Waals surface area contributed by atoms with E-state index in [0.29, 0.717) is 17.8 Å². The highest BCUT2D eigenvalue weighted by molar-refractivity contribution is 5.67. The summed E-state index contributed by atoms with van der Waals surface area (Å²) in [4.78, 5) is 0. The van der Waals surface area contributed by atoms with Gasteiger partial charge in [0.05, 0.1) is 30.1 Å². The zero-order valence-corrected chi connectivity index (χ0v) is 9.20. The first-order valence-corrected chi connectivity index (χ1v) is 5.12. The third kappa shape index (κ3) is 2.62. The fraction of sp³-hybridized carbons (Fsp3) is 0.455. The Kier molecular flexibility index (Phi) is 4.09. The second kappa shape index (κ2) is 5.14. The van der Waals surface area contributed by atoms with Crippen molar-refractivity contribution in [2.75, 3.05) is 24.3 Å². The summed E-state index contributed by atoms with van der Waals surface area (Å²) in [6.07, 6.45) is 0.496. The first-order valence-electron chi connectivity index (χ1n) is 5.12. The molecule has 0 aromatic heterocycles. The molecule has 0 atom stereocenters. The number of benzene rings is 1. The van der Waals surface area contributed by atoms with Crippen molar-refractivity contribution in [2.24, 2.45) is 0 Å². The molecule has 90 valence electrons. The molecule has 0 amide bonds. The smallest absolute Gasteiger partial charge is 0.125 e. The Hall–Kier alpha value is -1.33. The molecule has 0 radical (unpaired) electrons. The maximum absolute atomic E-state index is 13.0. The predicted molar refractivity (Wildman–Crippen MR) is 61.6 cm³/mol. The number of nitrogen functional groups attached to an aromatic ring is 1. The van der Waals surface area contributed by atoms with Gasteiger partial charge in [0.15, 0.2) is 0 Å². The normalized spacial score (nSPS) is 11.5. The van der Waals surface area contributed by atoms with Gasteiger partial charge in [-0.15, -0.1) is 0 Å². The fourth-order valence-corrected chi connectivity index (χ4v) is 1.36. The fourth-order valence-electron chi connectivity index (χ4n) is 1.36. The van der Waals surface area contributed by atoms with Crippen LogP contribution in [0.4, 0.5) is 15.8 Å². The number of halogens is 1. The summed E-state index contributed by atoms with van der Waals surface area (Å²) in [7, 11) is 0. The summed E-state index contributed by atoms with van der Waals surface area (Å²) < 4.78 is 13.0. The number of hydrogen-bond donors (Lipinski definition) is 4. The molecule has 0 bridgehead atoms. The van der Waals surface area contributed by atoms with Crippen LogP contribution in [0.15, 0.2) is 18.2 Å². The van der Waals surface area contributed by atoms with Crippen molar-refractivity contribution in [1.82, 2.24) is 0 Å². The van der Waals surface area contributed by atoms with E-state index in [9.17, 15) is 14.6 Å². The lowest BCUT2D eigenvalue weighted by molar-refractivity contribution is 0.132. The Labute approximate surface area is 93.9 Å². The standard InChI is InChI=1S/C11H17FN2O2/c1-2-11(6-15,7-16)14-10-5-8(12)3-4-9(10)13/h3-5,14-16H,2,6-7,13H2,1H3. The van der Waals surface area contributed by atoms with E-state index < -0.39 is 11.4 Å². The van der Waals surface area contributed by atoms with Gasteiger partial charge in [-0.2, -0.15) is 0 Å². The minimum Gasteiger partial charge on any atom is -0.397 e. The van der Waals surface area contributed by atoms with Crippen molar-refractivity contribution >= 4 is 11.4 Å². The van der Waals surface area contributed by atoms with E-state index in [2.05, 4.69) is 5.32 Å². The molecular weight excluding hydrogens is 211 g/mol. The molecule has 0 saturated carbocycles. The Balaban J connectivity index is 2.97. The summed E-state index contributed by atoms with van der Waals surface area (Å²) in [5.41, 5.74) is 5.55. The van der Waals surface area contributed by atoms with E-state index in [0.717, 1.165) is 0 Å². The summed E-state index contributed by atoms with van der Waals surface area (Å²) in [5, 5.41) is 21.4. The zero-order chi connectivity index (χ0) is 12.2. The van der Waals surface area contributed by atoms with Gasteiger partial charge >= 0.3 is 0 Å². The van der Waals surface area contributed by atoms with Crippen LogP contribution in [0.5, 0.6) is 0 Å². The van der Waals surface area contributed by atoms with E-state index in [1.165, 1.54) is 18.2 Å². The summed E-state index contributed by atoms with van der Waals surface area (Å²) in [5.74, 6) is -0.419. The largest absolute Gasteiger partial charge is 0.397 e. The summed E-state index contributed by atoms with van der Waals surface area (Å²) in [6.45, 7) is 1.31. The van der Waals surface area contributed by atoms with Crippen molar-refractivity contribution in [3.05, 3.63) is 24.0 Å². The topological polar surface area (TPSA) is 78.5 Å². The highest BCUT2D eigenvalue weighted by Gasteiger charge is 2.26. The molecule has 0 aliphatic carbocycles. The van der Waals surface area contributed by atoms with Crippen LogP contribution in [-0.4, -0.2) is 29.0 Å². The molecule has 0 fully saturated rings. The Morgan fingerprint density at radius 2 is 2.00 bits per heavy atom. The van der Waals surface area contributed by atoms with Gasteiger partial charge in [0.25, 0.3) is 0 Å². The molecule has 16 heavy (non-hydrogen) atoms. The maximum atomic E-state index is 13.0. The number of nitrogens with one attached hydrogen (secondary N) is 1. The van der Waals surface area contributed by atoms with Gasteiger partial charge in [-0.1, -0.05) is 6.92 Å². The molecule has 1 aromatic rings. The molecule has 5 N–H and O–H groups in total. The highest BCUT2D eigenvalue weighted by Crippen LogP contribution is 2.24. The molecule has 0 aliphatic rings. The van der Waals surface area contributed by atoms with Crippen LogP contribution in [0.1, 0.15) is 13.3 Å². The molecule has 1 aromatic carbocycles. The first-order chi connectivity index (χ1) is 7.56. The number of aliphatic hydroxyl groups excluding tert-OH is 2. The Morgan fingerprint density at radius 3 is 2.50 bits per heavy atom. The van der Waals surface area contributed by atoms with E-state index >= 15 is 0 Å². The maximum Gasteiger partial charge on any atom is 0.125 e. The molecular formula is C11H17FN2O2. The van der Waals surface area contributed by atoms with E-state index in [4.69, 9.17) is 5.73 Å². The van der Waals surface area contributed by atoms with E-state index in [-0.39, 0.29) is 13.2 Å². The van der Waals surface area contributed by atoms with Gasteiger partial charge < -0.3 is 21.3 Å². The Bertz CT molecular complexity index is 346. The van der Waals surface area contributed by atoms with Crippen molar-refractivity contribution in [3.8, 4) is 0 Å². The van der Waals surface area contributed by atoms with Crippen LogP contribution < -0.4 is 11.1 Å². The van der Waals surface area contributed by atoms with Gasteiger partial charge in [-0.05, 0) is 24.6 Å². The van der Waals surface area contributed by atoms with E-state index in [1.54, 1.807) is 0 Å².